The SMILES string of the molecule is Cc1cc(Cl)ccc1O[C@H](C)c1n[nH]c(C2CC2)n1. The van der Waals surface area contributed by atoms with Crippen LogP contribution in [0.25, 0.3) is 0 Å². The molecule has 0 amide bonds. The Balaban J connectivity index is 1.74. The Morgan fingerprint density at radius 2 is 2.21 bits per heavy atom. The number of halogens is 1. The van der Waals surface area contributed by atoms with Gasteiger partial charge in [-0.25, -0.2) is 4.98 Å². The largest absolute Gasteiger partial charge is 0.482 e. The van der Waals surface area contributed by atoms with Crippen molar-refractivity contribution in [3.63, 3.8) is 0 Å². The van der Waals surface area contributed by atoms with E-state index in [1.165, 1.54) is 12.8 Å². The predicted molar refractivity (Wildman–Crippen MR) is 73.6 cm³/mol. The molecule has 2 aromatic rings. The maximum Gasteiger partial charge on any atom is 0.191 e. The van der Waals surface area contributed by atoms with Gasteiger partial charge >= 0.3 is 0 Å². The molecule has 0 aliphatic heterocycles. The minimum atomic E-state index is -0.177. The third-order valence-electron chi connectivity index (χ3n) is 3.29. The van der Waals surface area contributed by atoms with Gasteiger partial charge in [-0.2, -0.15) is 5.10 Å². The van der Waals surface area contributed by atoms with Crippen molar-refractivity contribution in [3.05, 3.63) is 40.4 Å². The molecule has 0 spiro atoms. The van der Waals surface area contributed by atoms with Crippen LogP contribution in [0, 0.1) is 6.92 Å². The van der Waals surface area contributed by atoms with E-state index in [9.17, 15) is 0 Å². The number of rotatable bonds is 4. The first-order chi connectivity index (χ1) is 9.13. The number of hydrogen-bond acceptors (Lipinski definition) is 3. The van der Waals surface area contributed by atoms with Gasteiger partial charge in [0.15, 0.2) is 11.9 Å². The number of aromatic nitrogens is 3. The van der Waals surface area contributed by atoms with Gasteiger partial charge in [0.2, 0.25) is 0 Å². The Kier molecular flexibility index (Phi) is 3.19. The lowest BCUT2D eigenvalue weighted by atomic mass is 10.2. The van der Waals surface area contributed by atoms with Crippen molar-refractivity contribution in [2.24, 2.45) is 0 Å². The Morgan fingerprint density at radius 3 is 2.89 bits per heavy atom. The maximum absolute atomic E-state index is 5.93. The van der Waals surface area contributed by atoms with Crippen molar-refractivity contribution < 1.29 is 4.74 Å². The van der Waals surface area contributed by atoms with Gasteiger partial charge in [-0.05, 0) is 50.5 Å². The highest BCUT2D eigenvalue weighted by Crippen LogP contribution is 2.38. The van der Waals surface area contributed by atoms with E-state index in [1.807, 2.05) is 32.0 Å². The van der Waals surface area contributed by atoms with Gasteiger partial charge in [0.25, 0.3) is 0 Å². The fourth-order valence-corrected chi connectivity index (χ4v) is 2.22. The summed E-state index contributed by atoms with van der Waals surface area (Å²) in [6, 6.07) is 5.59. The third-order valence-corrected chi connectivity index (χ3v) is 3.52. The predicted octanol–water partition coefficient (Wildman–Crippen LogP) is 3.78. The van der Waals surface area contributed by atoms with E-state index < -0.39 is 0 Å². The van der Waals surface area contributed by atoms with E-state index >= 15 is 0 Å². The van der Waals surface area contributed by atoms with Crippen LogP contribution in [0.15, 0.2) is 18.2 Å². The molecule has 0 bridgehead atoms. The van der Waals surface area contributed by atoms with Gasteiger partial charge in [-0.1, -0.05) is 11.6 Å². The molecule has 1 aromatic carbocycles. The van der Waals surface area contributed by atoms with Crippen LogP contribution in [0.5, 0.6) is 5.75 Å². The van der Waals surface area contributed by atoms with Crippen molar-refractivity contribution in [1.29, 1.82) is 0 Å². The van der Waals surface area contributed by atoms with Crippen molar-refractivity contribution in [2.75, 3.05) is 0 Å². The van der Waals surface area contributed by atoms with Crippen molar-refractivity contribution in [3.8, 4) is 5.75 Å². The molecule has 1 aromatic heterocycles. The van der Waals surface area contributed by atoms with Crippen molar-refractivity contribution >= 4 is 11.6 Å². The van der Waals surface area contributed by atoms with E-state index in [0.717, 1.165) is 17.1 Å². The molecule has 0 radical (unpaired) electrons. The highest BCUT2D eigenvalue weighted by atomic mass is 35.5. The summed E-state index contributed by atoms with van der Waals surface area (Å²) in [5, 5.41) is 7.94. The van der Waals surface area contributed by atoms with E-state index in [-0.39, 0.29) is 6.10 Å². The van der Waals surface area contributed by atoms with Gasteiger partial charge in [-0.15, -0.1) is 0 Å². The average Bonchev–Trinajstić information content (AvgIpc) is 3.10. The Labute approximate surface area is 117 Å². The summed E-state index contributed by atoms with van der Waals surface area (Å²) in [7, 11) is 0. The van der Waals surface area contributed by atoms with Gasteiger partial charge in [0, 0.05) is 10.9 Å². The number of aromatic amines is 1. The van der Waals surface area contributed by atoms with Crippen molar-refractivity contribution in [1.82, 2.24) is 15.2 Å². The molecule has 1 atom stereocenters. The van der Waals surface area contributed by atoms with Crippen LogP contribution >= 0.6 is 11.6 Å². The second-order valence-corrected chi connectivity index (χ2v) is 5.46. The van der Waals surface area contributed by atoms with Crippen LogP contribution in [0.4, 0.5) is 0 Å². The zero-order chi connectivity index (χ0) is 13.4. The second kappa shape index (κ2) is 4.85. The van der Waals surface area contributed by atoms with Crippen LogP contribution in [-0.4, -0.2) is 15.2 Å². The second-order valence-electron chi connectivity index (χ2n) is 5.02. The number of aryl methyl sites for hydroxylation is 1. The molecule has 1 heterocycles. The van der Waals surface area contributed by atoms with Crippen LogP contribution in [0.2, 0.25) is 5.02 Å². The number of hydrogen-bond donors (Lipinski definition) is 1. The summed E-state index contributed by atoms with van der Waals surface area (Å²) in [6.45, 7) is 3.93. The smallest absolute Gasteiger partial charge is 0.191 e. The molecule has 1 aliphatic carbocycles. The minimum Gasteiger partial charge on any atom is -0.482 e. The highest BCUT2D eigenvalue weighted by Gasteiger charge is 2.28. The first kappa shape index (κ1) is 12.5. The van der Waals surface area contributed by atoms with Gasteiger partial charge < -0.3 is 4.74 Å². The fraction of sp³-hybridized carbons (Fsp3) is 0.429. The summed E-state index contributed by atoms with van der Waals surface area (Å²) >= 11 is 5.93. The van der Waals surface area contributed by atoms with E-state index in [2.05, 4.69) is 15.2 Å². The summed E-state index contributed by atoms with van der Waals surface area (Å²) < 4.78 is 5.90. The molecule has 5 heteroatoms. The summed E-state index contributed by atoms with van der Waals surface area (Å²) in [5.74, 6) is 3.08. The minimum absolute atomic E-state index is 0.177. The zero-order valence-corrected chi connectivity index (χ0v) is 11.7. The average molecular weight is 278 g/mol. The summed E-state index contributed by atoms with van der Waals surface area (Å²) in [4.78, 5) is 4.50. The number of benzene rings is 1. The number of ether oxygens (including phenoxy) is 1. The Morgan fingerprint density at radius 1 is 1.42 bits per heavy atom. The highest BCUT2D eigenvalue weighted by molar-refractivity contribution is 6.30. The van der Waals surface area contributed by atoms with Gasteiger partial charge in [-0.3, -0.25) is 5.10 Å². The summed E-state index contributed by atoms with van der Waals surface area (Å²) in [6.07, 6.45) is 2.24. The van der Waals surface area contributed by atoms with Gasteiger partial charge in [0.05, 0.1) is 0 Å². The molecule has 0 saturated heterocycles. The third kappa shape index (κ3) is 2.73. The number of nitrogens with one attached hydrogen (secondary N) is 1. The molecular formula is C14H16ClN3O. The van der Waals surface area contributed by atoms with Crippen LogP contribution in [-0.2, 0) is 0 Å². The Hall–Kier alpha value is -1.55. The monoisotopic (exact) mass is 277 g/mol. The molecule has 4 nitrogen and oxygen atoms in total. The molecule has 19 heavy (non-hydrogen) atoms. The van der Waals surface area contributed by atoms with Crippen LogP contribution < -0.4 is 4.74 Å². The van der Waals surface area contributed by atoms with Crippen LogP contribution in [0.3, 0.4) is 0 Å². The zero-order valence-electron chi connectivity index (χ0n) is 11.0. The van der Waals surface area contributed by atoms with E-state index in [0.29, 0.717) is 16.8 Å². The molecule has 0 unspecified atom stereocenters. The lowest BCUT2D eigenvalue weighted by Gasteiger charge is -2.13. The summed E-state index contributed by atoms with van der Waals surface area (Å²) in [5.41, 5.74) is 1.01. The molecule has 3 rings (SSSR count). The Bertz CT molecular complexity index is 592. The standard InChI is InChI=1S/C14H16ClN3O/c1-8-7-11(15)5-6-12(8)19-9(2)13-16-14(18-17-13)10-3-4-10/h5-7,9-10H,3-4H2,1-2H3,(H,16,17,18)/t9-/m1/s1. The topological polar surface area (TPSA) is 50.8 Å². The molecule has 1 fully saturated rings. The normalized spacial score (nSPS) is 16.4. The number of H-pyrrole nitrogens is 1. The van der Waals surface area contributed by atoms with Crippen LogP contribution in [0.1, 0.15) is 49.0 Å². The molecule has 1 aliphatic rings. The molecule has 100 valence electrons. The quantitative estimate of drug-likeness (QED) is 0.925. The molecular weight excluding hydrogens is 262 g/mol. The van der Waals surface area contributed by atoms with E-state index in [4.69, 9.17) is 16.3 Å². The van der Waals surface area contributed by atoms with Gasteiger partial charge in [0.1, 0.15) is 11.6 Å². The molecule has 1 N–H and O–H groups in total. The van der Waals surface area contributed by atoms with E-state index in [1.54, 1.807) is 0 Å². The lowest BCUT2D eigenvalue weighted by Crippen LogP contribution is -2.06. The maximum atomic E-state index is 5.93. The van der Waals surface area contributed by atoms with Crippen molar-refractivity contribution in [2.45, 2.75) is 38.7 Å². The number of nitrogens with zero attached hydrogens (tertiary/aromatic N) is 2. The lowest BCUT2D eigenvalue weighted by molar-refractivity contribution is 0.215. The first-order valence-corrected chi connectivity index (χ1v) is 6.86. The first-order valence-electron chi connectivity index (χ1n) is 6.48. The molecule has 1 saturated carbocycles. The fourth-order valence-electron chi connectivity index (χ4n) is 2.00.